The average molecular weight is 182 g/mol. The molecule has 0 radical (unpaired) electrons. The van der Waals surface area contributed by atoms with Crippen LogP contribution in [-0.2, 0) is 9.29 Å². The van der Waals surface area contributed by atoms with E-state index in [1.807, 2.05) is 0 Å². The summed E-state index contributed by atoms with van der Waals surface area (Å²) in [5, 5.41) is 0. The maximum absolute atomic E-state index is 10.2. The van der Waals surface area contributed by atoms with E-state index in [4.69, 9.17) is 14.4 Å². The Morgan fingerprint density at radius 3 is 1.62 bits per heavy atom. The van der Waals surface area contributed by atoms with Crippen LogP contribution >= 0.6 is 7.82 Å². The molecule has 0 heterocycles. The quantitative estimate of drug-likeness (QED) is 0.379. The molecule has 0 aromatic heterocycles. The molecule has 0 saturated carbocycles. The Kier molecular flexibility index (Phi) is 15.5. The SMILES string of the molecule is O=P(O)(O)OF.[CaH2].[NaH]. The molecule has 0 saturated heterocycles. The number of hydrogen-bond acceptors (Lipinski definition) is 2. The third-order valence-corrected chi connectivity index (χ3v) is 0.270. The third kappa shape index (κ3) is 15.7. The molecular weight excluding hydrogens is 177 g/mol. The van der Waals surface area contributed by atoms with Gasteiger partial charge in [0, 0.05) is 0 Å². The monoisotopic (exact) mass is 182 g/mol. The van der Waals surface area contributed by atoms with E-state index in [2.05, 4.69) is 4.73 Å². The second-order valence-electron chi connectivity index (χ2n) is 0.560. The molecule has 44 valence electrons. The van der Waals surface area contributed by atoms with Gasteiger partial charge in [0.1, 0.15) is 0 Å². The molecule has 0 fully saturated rings. The van der Waals surface area contributed by atoms with Crippen molar-refractivity contribution in [2.75, 3.05) is 0 Å². The first-order valence-electron chi connectivity index (χ1n) is 0.919. The Balaban J connectivity index is -0.000000125. The molecule has 2 N–H and O–H groups in total. The molecule has 8 heavy (non-hydrogen) atoms. The van der Waals surface area contributed by atoms with Gasteiger partial charge in [0.25, 0.3) is 0 Å². The van der Waals surface area contributed by atoms with E-state index < -0.39 is 7.82 Å². The van der Waals surface area contributed by atoms with Gasteiger partial charge in [-0.15, -0.1) is 0 Å². The van der Waals surface area contributed by atoms with Crippen molar-refractivity contribution in [1.29, 1.82) is 0 Å². The van der Waals surface area contributed by atoms with E-state index in [-0.39, 0.29) is 67.3 Å². The molecule has 0 aliphatic carbocycles. The summed E-state index contributed by atoms with van der Waals surface area (Å²) in [4.78, 5) is 14.7. The van der Waals surface area contributed by atoms with Gasteiger partial charge < -0.3 is 9.79 Å². The van der Waals surface area contributed by atoms with Gasteiger partial charge in [-0.3, -0.25) is 0 Å². The first-order chi connectivity index (χ1) is 2.56. The summed E-state index contributed by atoms with van der Waals surface area (Å²) in [5.74, 6) is 0. The normalized spacial score (nSPS) is 8.88. The molecule has 0 atom stereocenters. The van der Waals surface area contributed by atoms with Crippen LogP contribution in [0.2, 0.25) is 0 Å². The molecule has 0 rings (SSSR count). The molecule has 0 aromatic rings. The Morgan fingerprint density at radius 1 is 1.50 bits per heavy atom. The number of halogens is 1. The molecule has 0 aliphatic rings. The van der Waals surface area contributed by atoms with Crippen LogP contribution in [0.4, 0.5) is 4.53 Å². The van der Waals surface area contributed by atoms with Crippen LogP contribution in [0.1, 0.15) is 0 Å². The fourth-order valence-corrected chi connectivity index (χ4v) is 0. The Labute approximate surface area is 97.2 Å². The van der Waals surface area contributed by atoms with E-state index >= 15 is 0 Å². The summed E-state index contributed by atoms with van der Waals surface area (Å²) in [5.41, 5.74) is 0. The summed E-state index contributed by atoms with van der Waals surface area (Å²) in [6, 6.07) is 0. The van der Waals surface area contributed by atoms with E-state index in [1.54, 1.807) is 0 Å². The van der Waals surface area contributed by atoms with Crippen LogP contribution in [0.3, 0.4) is 0 Å². The van der Waals surface area contributed by atoms with Gasteiger partial charge in [-0.05, 0) is 4.53 Å². The van der Waals surface area contributed by atoms with Crippen molar-refractivity contribution in [3.8, 4) is 0 Å². The summed E-state index contributed by atoms with van der Waals surface area (Å²) >= 11 is 0. The Morgan fingerprint density at radius 2 is 1.62 bits per heavy atom. The van der Waals surface area contributed by atoms with Crippen molar-refractivity contribution in [2.24, 2.45) is 0 Å². The molecular formula is H5CaFNaO4P. The van der Waals surface area contributed by atoms with Gasteiger partial charge in [-0.2, -0.15) is 0 Å². The summed E-state index contributed by atoms with van der Waals surface area (Å²) < 4.78 is 21.4. The molecule has 0 aliphatic heterocycles. The fourth-order valence-electron chi connectivity index (χ4n) is 0. The van der Waals surface area contributed by atoms with Crippen LogP contribution in [0.25, 0.3) is 0 Å². The van der Waals surface area contributed by atoms with Gasteiger partial charge in [0.15, 0.2) is 0 Å². The van der Waals surface area contributed by atoms with Crippen LogP contribution < -0.4 is 0 Å². The average Bonchev–Trinajstić information content (AvgIpc) is 1.35. The number of hydrogen-bond donors (Lipinski definition) is 2. The van der Waals surface area contributed by atoms with Gasteiger partial charge >= 0.3 is 75.1 Å². The molecule has 0 aromatic carbocycles. The number of phosphoric acid groups is 1. The summed E-state index contributed by atoms with van der Waals surface area (Å²) in [6.07, 6.45) is 0. The third-order valence-electron chi connectivity index (χ3n) is 0.0899. The van der Waals surface area contributed by atoms with Gasteiger partial charge in [-0.25, -0.2) is 4.57 Å². The van der Waals surface area contributed by atoms with Crippen LogP contribution in [0.5, 0.6) is 0 Å². The van der Waals surface area contributed by atoms with Gasteiger partial charge in [0.2, 0.25) is 0 Å². The van der Waals surface area contributed by atoms with Crippen molar-refractivity contribution >= 4 is 75.1 Å². The van der Waals surface area contributed by atoms with Crippen LogP contribution in [0, 0.1) is 0 Å². The Bertz CT molecular complexity index is 80.1. The predicted molar refractivity (Wildman–Crippen MR) is 29.9 cm³/mol. The topological polar surface area (TPSA) is 66.8 Å². The van der Waals surface area contributed by atoms with Crippen molar-refractivity contribution < 1.29 is 23.6 Å². The second-order valence-corrected chi connectivity index (χ2v) is 1.68. The van der Waals surface area contributed by atoms with Crippen molar-refractivity contribution in [2.45, 2.75) is 0 Å². The Hall–Kier alpha value is 2.30. The minimum absolute atomic E-state index is 0. The predicted octanol–water partition coefficient (Wildman–Crippen LogP) is -1.58. The molecule has 0 spiro atoms. The van der Waals surface area contributed by atoms with Gasteiger partial charge in [-0.1, -0.05) is 4.73 Å². The minimum atomic E-state index is -4.81. The van der Waals surface area contributed by atoms with Gasteiger partial charge in [0.05, 0.1) is 0 Å². The zero-order chi connectivity index (χ0) is 5.21. The first-order valence-corrected chi connectivity index (χ1v) is 2.45. The fraction of sp³-hybridized carbons (Fsp3) is 0. The second kappa shape index (κ2) is 7.41. The summed E-state index contributed by atoms with van der Waals surface area (Å²) in [6.45, 7) is 0. The molecule has 4 nitrogen and oxygen atoms in total. The summed E-state index contributed by atoms with van der Waals surface area (Å²) in [7, 11) is -4.81. The van der Waals surface area contributed by atoms with E-state index in [0.717, 1.165) is 0 Å². The van der Waals surface area contributed by atoms with Crippen molar-refractivity contribution in [1.82, 2.24) is 0 Å². The zero-order valence-electron chi connectivity index (χ0n) is 2.54. The van der Waals surface area contributed by atoms with E-state index in [1.165, 1.54) is 0 Å². The maximum atomic E-state index is 10.2. The van der Waals surface area contributed by atoms with Crippen molar-refractivity contribution in [3.05, 3.63) is 0 Å². The van der Waals surface area contributed by atoms with Crippen LogP contribution in [-0.4, -0.2) is 77.1 Å². The van der Waals surface area contributed by atoms with Crippen LogP contribution in [0.15, 0.2) is 0 Å². The molecule has 0 amide bonds. The van der Waals surface area contributed by atoms with E-state index in [0.29, 0.717) is 0 Å². The standard InChI is InChI=1S/Ca.FH2O4P.Na.3H/c;1-5-6(2,3)4;;;;/h;(H2,2,3,4);;;;. The molecule has 0 bridgehead atoms. The molecule has 8 heteroatoms. The first kappa shape index (κ1) is 16.7. The number of rotatable bonds is 1. The zero-order valence-corrected chi connectivity index (χ0v) is 3.43. The van der Waals surface area contributed by atoms with Crippen molar-refractivity contribution in [3.63, 3.8) is 0 Å². The molecule has 0 unspecified atom stereocenters. The van der Waals surface area contributed by atoms with E-state index in [9.17, 15) is 4.53 Å².